The molecule has 0 spiro atoms. The van der Waals surface area contributed by atoms with E-state index in [-0.39, 0.29) is 5.91 Å². The van der Waals surface area contributed by atoms with Gasteiger partial charge in [0.05, 0.1) is 0 Å². The lowest BCUT2D eigenvalue weighted by Crippen LogP contribution is -2.29. The third kappa shape index (κ3) is 6.56. The number of amides is 1. The van der Waals surface area contributed by atoms with E-state index in [4.69, 9.17) is 0 Å². The zero-order valence-corrected chi connectivity index (χ0v) is 14.2. The van der Waals surface area contributed by atoms with Crippen molar-refractivity contribution >= 4 is 21.8 Å². The summed E-state index contributed by atoms with van der Waals surface area (Å²) in [5.74, 6) is 0.769. The quantitative estimate of drug-likeness (QED) is 0.669. The number of benzene rings is 1. The molecule has 1 amide bonds. The molecule has 1 atom stereocenters. The number of halogens is 1. The molecule has 3 heteroatoms. The summed E-state index contributed by atoms with van der Waals surface area (Å²) in [5, 5.41) is 4.09. The minimum absolute atomic E-state index is 0.170. The molecule has 0 bridgehead atoms. The van der Waals surface area contributed by atoms with Gasteiger partial charge in [0.25, 0.3) is 0 Å². The highest BCUT2D eigenvalue weighted by Crippen LogP contribution is 2.12. The van der Waals surface area contributed by atoms with Gasteiger partial charge in [0.15, 0.2) is 0 Å². The Kier molecular flexibility index (Phi) is 8.59. The van der Waals surface area contributed by atoms with E-state index in [9.17, 15) is 4.79 Å². The van der Waals surface area contributed by atoms with Crippen molar-refractivity contribution < 1.29 is 4.79 Å². The van der Waals surface area contributed by atoms with E-state index < -0.39 is 0 Å². The van der Waals surface area contributed by atoms with Crippen LogP contribution >= 0.6 is 15.9 Å². The lowest BCUT2D eigenvalue weighted by Gasteiger charge is -2.15. The van der Waals surface area contributed by atoms with E-state index in [0.717, 1.165) is 24.7 Å². The van der Waals surface area contributed by atoms with Crippen LogP contribution in [0.4, 0.5) is 0 Å². The van der Waals surface area contributed by atoms with Gasteiger partial charge in [-0.15, -0.1) is 0 Å². The number of aryl methyl sites for hydroxylation is 2. The van der Waals surface area contributed by atoms with Gasteiger partial charge in [-0.25, -0.2) is 0 Å². The molecule has 0 heterocycles. The number of carbonyl (C=O) groups excluding carboxylic acids is 1. The molecule has 0 saturated carbocycles. The minimum Gasteiger partial charge on any atom is -0.356 e. The highest BCUT2D eigenvalue weighted by Gasteiger charge is 2.09. The molecule has 112 valence electrons. The van der Waals surface area contributed by atoms with Gasteiger partial charge in [0.1, 0.15) is 0 Å². The minimum atomic E-state index is 0.170. The summed E-state index contributed by atoms with van der Waals surface area (Å²) in [6.07, 6.45) is 4.90. The normalized spacial score (nSPS) is 12.2. The molecule has 0 fully saturated rings. The van der Waals surface area contributed by atoms with Crippen LogP contribution in [0, 0.1) is 12.8 Å². The van der Waals surface area contributed by atoms with Crippen molar-refractivity contribution in [2.45, 2.75) is 46.0 Å². The summed E-state index contributed by atoms with van der Waals surface area (Å²) in [4.78, 5) is 11.9. The predicted octanol–water partition coefficient (Wildman–Crippen LogP) is 4.25. The van der Waals surface area contributed by atoms with Gasteiger partial charge < -0.3 is 5.32 Å². The molecule has 0 aromatic heterocycles. The molecule has 0 aliphatic carbocycles. The first-order chi connectivity index (χ1) is 9.67. The molecule has 1 N–H and O–H groups in total. The van der Waals surface area contributed by atoms with E-state index in [1.165, 1.54) is 24.0 Å². The van der Waals surface area contributed by atoms with Crippen molar-refractivity contribution in [3.05, 3.63) is 35.4 Å². The van der Waals surface area contributed by atoms with E-state index in [0.29, 0.717) is 12.3 Å². The Hall–Kier alpha value is -0.830. The van der Waals surface area contributed by atoms with E-state index in [2.05, 4.69) is 47.2 Å². The third-order valence-electron chi connectivity index (χ3n) is 3.68. The molecular formula is C17H26BrNO. The highest BCUT2D eigenvalue weighted by atomic mass is 79.9. The Bertz CT molecular complexity index is 400. The van der Waals surface area contributed by atoms with Gasteiger partial charge in [-0.1, -0.05) is 53.5 Å². The van der Waals surface area contributed by atoms with E-state index in [1.807, 2.05) is 12.1 Å². The summed E-state index contributed by atoms with van der Waals surface area (Å²) in [6, 6.07) is 8.27. The van der Waals surface area contributed by atoms with Crippen molar-refractivity contribution in [3.8, 4) is 0 Å². The predicted molar refractivity (Wildman–Crippen MR) is 89.3 cm³/mol. The Morgan fingerprint density at radius 2 is 2.05 bits per heavy atom. The molecule has 0 radical (unpaired) electrons. The Morgan fingerprint density at radius 1 is 1.30 bits per heavy atom. The lowest BCUT2D eigenvalue weighted by atomic mass is 10.0. The molecule has 20 heavy (non-hydrogen) atoms. The second-order valence-electron chi connectivity index (χ2n) is 5.36. The zero-order valence-electron chi connectivity index (χ0n) is 12.6. The van der Waals surface area contributed by atoms with Crippen molar-refractivity contribution in [2.75, 3.05) is 11.9 Å². The third-order valence-corrected chi connectivity index (χ3v) is 4.14. The van der Waals surface area contributed by atoms with Crippen molar-refractivity contribution in [1.29, 1.82) is 0 Å². The van der Waals surface area contributed by atoms with Crippen LogP contribution in [-0.2, 0) is 11.2 Å². The zero-order chi connectivity index (χ0) is 14.8. The van der Waals surface area contributed by atoms with Crippen molar-refractivity contribution in [2.24, 2.45) is 5.92 Å². The fraction of sp³-hybridized carbons (Fsp3) is 0.588. The summed E-state index contributed by atoms with van der Waals surface area (Å²) < 4.78 is 0. The maximum Gasteiger partial charge on any atom is 0.220 e. The molecule has 0 aliphatic heterocycles. The molecule has 1 rings (SSSR count). The second kappa shape index (κ2) is 9.98. The van der Waals surface area contributed by atoms with Crippen LogP contribution in [0.3, 0.4) is 0 Å². The molecule has 1 aromatic rings. The average Bonchev–Trinajstić information content (AvgIpc) is 2.44. The van der Waals surface area contributed by atoms with Crippen LogP contribution < -0.4 is 5.32 Å². The summed E-state index contributed by atoms with van der Waals surface area (Å²) in [6.45, 7) is 5.10. The lowest BCUT2D eigenvalue weighted by molar-refractivity contribution is -0.121. The van der Waals surface area contributed by atoms with Crippen molar-refractivity contribution in [1.82, 2.24) is 5.32 Å². The summed E-state index contributed by atoms with van der Waals surface area (Å²) in [5.41, 5.74) is 2.54. The topological polar surface area (TPSA) is 29.1 Å². The van der Waals surface area contributed by atoms with Crippen LogP contribution in [0.1, 0.15) is 43.7 Å². The van der Waals surface area contributed by atoms with Crippen LogP contribution in [0.5, 0.6) is 0 Å². The van der Waals surface area contributed by atoms with E-state index >= 15 is 0 Å². The molecule has 1 aromatic carbocycles. The van der Waals surface area contributed by atoms with Gasteiger partial charge in [-0.05, 0) is 43.2 Å². The SMILES string of the molecule is CCCC(CCBr)CNC(=O)CCc1ccccc1C. The summed E-state index contributed by atoms with van der Waals surface area (Å²) >= 11 is 3.48. The standard InChI is InChI=1S/C17H26BrNO/c1-3-6-15(11-12-18)13-19-17(20)10-9-16-8-5-4-7-14(16)2/h4-5,7-8,15H,3,6,9-13H2,1-2H3,(H,19,20). The molecule has 0 saturated heterocycles. The average molecular weight is 340 g/mol. The van der Waals surface area contributed by atoms with Crippen molar-refractivity contribution in [3.63, 3.8) is 0 Å². The first-order valence-corrected chi connectivity index (χ1v) is 8.66. The maximum atomic E-state index is 11.9. The highest BCUT2D eigenvalue weighted by molar-refractivity contribution is 9.09. The Morgan fingerprint density at radius 3 is 2.70 bits per heavy atom. The largest absolute Gasteiger partial charge is 0.356 e. The van der Waals surface area contributed by atoms with Crippen LogP contribution in [0.15, 0.2) is 24.3 Å². The van der Waals surface area contributed by atoms with Crippen LogP contribution in [-0.4, -0.2) is 17.8 Å². The number of nitrogens with one attached hydrogen (secondary N) is 1. The van der Waals surface area contributed by atoms with Gasteiger partial charge in [-0.2, -0.15) is 0 Å². The molecule has 1 unspecified atom stereocenters. The van der Waals surface area contributed by atoms with Gasteiger partial charge in [-0.3, -0.25) is 4.79 Å². The van der Waals surface area contributed by atoms with Crippen LogP contribution in [0.25, 0.3) is 0 Å². The van der Waals surface area contributed by atoms with Gasteiger partial charge >= 0.3 is 0 Å². The van der Waals surface area contributed by atoms with Gasteiger partial charge in [0.2, 0.25) is 5.91 Å². The summed E-state index contributed by atoms with van der Waals surface area (Å²) in [7, 11) is 0. The number of rotatable bonds is 9. The smallest absolute Gasteiger partial charge is 0.220 e. The maximum absolute atomic E-state index is 11.9. The monoisotopic (exact) mass is 339 g/mol. The number of alkyl halides is 1. The first kappa shape index (κ1) is 17.2. The molecule has 0 aliphatic rings. The number of hydrogen-bond acceptors (Lipinski definition) is 1. The van der Waals surface area contributed by atoms with E-state index in [1.54, 1.807) is 0 Å². The fourth-order valence-electron chi connectivity index (χ4n) is 2.40. The molecular weight excluding hydrogens is 314 g/mol. The molecule has 2 nitrogen and oxygen atoms in total. The second-order valence-corrected chi connectivity index (χ2v) is 6.16. The first-order valence-electron chi connectivity index (χ1n) is 7.54. The van der Waals surface area contributed by atoms with Gasteiger partial charge in [0, 0.05) is 18.3 Å². The fourth-order valence-corrected chi connectivity index (χ4v) is 3.04. The Balaban J connectivity index is 2.31. The number of hydrogen-bond donors (Lipinski definition) is 1. The van der Waals surface area contributed by atoms with Crippen LogP contribution in [0.2, 0.25) is 0 Å². The Labute approximate surface area is 131 Å². The number of carbonyl (C=O) groups is 1.